The number of aromatic nitrogens is 1. The number of nitrogens with two attached hydrogens (primary N) is 2. The Morgan fingerprint density at radius 1 is 1.13 bits per heavy atom. The van der Waals surface area contributed by atoms with Crippen molar-refractivity contribution in [2.75, 3.05) is 17.9 Å². The number of oxime groups is 1. The van der Waals surface area contributed by atoms with Crippen LogP contribution in [0.1, 0.15) is 11.3 Å². The molecule has 0 atom stereocenters. The number of hydrogen-bond donors (Lipinski definition) is 4. The highest BCUT2D eigenvalue weighted by Crippen LogP contribution is 2.14. The van der Waals surface area contributed by atoms with E-state index in [1.807, 2.05) is 6.92 Å². The van der Waals surface area contributed by atoms with Gasteiger partial charge in [-0.25, -0.2) is 8.42 Å². The Morgan fingerprint density at radius 3 is 2.43 bits per heavy atom. The van der Waals surface area contributed by atoms with Crippen LogP contribution in [0, 0.1) is 13.8 Å². The fourth-order valence-corrected chi connectivity index (χ4v) is 3.48. The fourth-order valence-electron chi connectivity index (χ4n) is 2.42. The zero-order valence-electron chi connectivity index (χ0n) is 16.6. The van der Waals surface area contributed by atoms with E-state index in [2.05, 4.69) is 15.2 Å². The molecular formula is C18H24N6O5S. The van der Waals surface area contributed by atoms with E-state index in [1.54, 1.807) is 25.1 Å². The molecule has 0 fully saturated rings. The van der Waals surface area contributed by atoms with E-state index in [-0.39, 0.29) is 36.2 Å². The molecule has 162 valence electrons. The minimum atomic E-state index is -3.95. The second kappa shape index (κ2) is 9.78. The topological polar surface area (TPSA) is 171 Å². The van der Waals surface area contributed by atoms with Crippen LogP contribution in [-0.4, -0.2) is 38.0 Å². The van der Waals surface area contributed by atoms with Crippen LogP contribution in [0.4, 0.5) is 5.69 Å². The van der Waals surface area contributed by atoms with Gasteiger partial charge in [0.1, 0.15) is 18.8 Å². The van der Waals surface area contributed by atoms with Gasteiger partial charge in [-0.1, -0.05) is 17.7 Å². The number of rotatable bonds is 9. The molecule has 30 heavy (non-hydrogen) atoms. The van der Waals surface area contributed by atoms with E-state index >= 15 is 0 Å². The lowest BCUT2D eigenvalue weighted by Gasteiger charge is -2.13. The van der Waals surface area contributed by atoms with E-state index in [1.165, 1.54) is 22.8 Å². The Balaban J connectivity index is 2.11. The molecule has 2 aromatic rings. The van der Waals surface area contributed by atoms with Gasteiger partial charge in [-0.2, -0.15) is 0 Å². The highest BCUT2D eigenvalue weighted by Gasteiger charge is 2.18. The molecule has 0 bridgehead atoms. The smallest absolute Gasteiger partial charge is 0.275 e. The number of hydrogen-bond acceptors (Lipinski definition) is 6. The Bertz CT molecular complexity index is 1090. The van der Waals surface area contributed by atoms with Crippen molar-refractivity contribution in [2.24, 2.45) is 16.6 Å². The van der Waals surface area contributed by atoms with Crippen LogP contribution in [0.15, 0.2) is 51.2 Å². The van der Waals surface area contributed by atoms with Crippen molar-refractivity contribution in [1.29, 1.82) is 0 Å². The minimum absolute atomic E-state index is 0.0261. The molecule has 6 N–H and O–H groups in total. The summed E-state index contributed by atoms with van der Waals surface area (Å²) in [5.41, 5.74) is 10.8. The Hall–Kier alpha value is -3.54. The van der Waals surface area contributed by atoms with Crippen molar-refractivity contribution < 1.29 is 18.0 Å². The molecule has 0 unspecified atom stereocenters. The van der Waals surface area contributed by atoms with Crippen LogP contribution in [0.3, 0.4) is 0 Å². The molecule has 1 aromatic carbocycles. The van der Waals surface area contributed by atoms with Gasteiger partial charge in [-0.15, -0.1) is 0 Å². The average Bonchev–Trinajstić information content (AvgIpc) is 2.67. The maximum atomic E-state index is 12.7. The molecule has 12 heteroatoms. The fraction of sp³-hybridized carbons (Fsp3) is 0.278. The van der Waals surface area contributed by atoms with Gasteiger partial charge in [-0.05, 0) is 43.3 Å². The van der Waals surface area contributed by atoms with E-state index in [4.69, 9.17) is 16.3 Å². The predicted octanol–water partition coefficient (Wildman–Crippen LogP) is -0.413. The molecule has 0 saturated heterocycles. The number of pyridine rings is 1. The van der Waals surface area contributed by atoms with E-state index in [0.29, 0.717) is 5.69 Å². The highest BCUT2D eigenvalue weighted by atomic mass is 32.2. The third kappa shape index (κ3) is 6.24. The standard InChI is InChI=1S/C18H24N6O5S/c1-12-3-6-14(7-4-12)30(27,28)23-15-8-5-13(2)24(17(15)26)11-16(25)21-9-10-29-22-18(19)20/h3-8,23H,9-11H2,1-2H3,(H,21,25)(H4,19,20,22). The lowest BCUT2D eigenvalue weighted by Crippen LogP contribution is -2.36. The number of guanidine groups is 1. The summed E-state index contributed by atoms with van der Waals surface area (Å²) >= 11 is 0. The van der Waals surface area contributed by atoms with Crippen molar-refractivity contribution in [3.63, 3.8) is 0 Å². The molecule has 0 aliphatic heterocycles. The average molecular weight is 436 g/mol. The number of aryl methyl sites for hydroxylation is 2. The first-order valence-electron chi connectivity index (χ1n) is 8.87. The first-order chi connectivity index (χ1) is 14.1. The third-order valence-electron chi connectivity index (χ3n) is 3.96. The molecule has 0 aliphatic rings. The van der Waals surface area contributed by atoms with Crippen molar-refractivity contribution in [3.8, 4) is 0 Å². The van der Waals surface area contributed by atoms with Gasteiger partial charge in [-0.3, -0.25) is 14.3 Å². The van der Waals surface area contributed by atoms with Gasteiger partial charge in [0.05, 0.1) is 11.4 Å². The summed E-state index contributed by atoms with van der Waals surface area (Å²) in [7, 11) is -3.95. The Kier molecular flexibility index (Phi) is 7.42. The van der Waals surface area contributed by atoms with Crippen molar-refractivity contribution in [1.82, 2.24) is 9.88 Å². The number of benzene rings is 1. The summed E-state index contributed by atoms with van der Waals surface area (Å²) in [4.78, 5) is 29.6. The number of anilines is 1. The lowest BCUT2D eigenvalue weighted by molar-refractivity contribution is -0.122. The minimum Gasteiger partial charge on any atom is -0.391 e. The van der Waals surface area contributed by atoms with Crippen molar-refractivity contribution in [2.45, 2.75) is 25.3 Å². The molecule has 2 rings (SSSR count). The quantitative estimate of drug-likeness (QED) is 0.179. The maximum absolute atomic E-state index is 12.7. The maximum Gasteiger partial charge on any atom is 0.275 e. The Labute approximate surface area is 173 Å². The van der Waals surface area contributed by atoms with Gasteiger partial charge in [0.25, 0.3) is 15.6 Å². The largest absolute Gasteiger partial charge is 0.391 e. The Morgan fingerprint density at radius 2 is 1.80 bits per heavy atom. The van der Waals surface area contributed by atoms with Gasteiger partial charge in [0.15, 0.2) is 0 Å². The first-order valence-corrected chi connectivity index (χ1v) is 10.4. The second-order valence-corrected chi connectivity index (χ2v) is 8.08. The van der Waals surface area contributed by atoms with Gasteiger partial charge in [0, 0.05) is 5.69 Å². The molecule has 0 spiro atoms. The van der Waals surface area contributed by atoms with Crippen LogP contribution in [0.25, 0.3) is 0 Å². The number of carbonyl (C=O) groups is 1. The zero-order valence-corrected chi connectivity index (χ0v) is 17.4. The molecule has 0 saturated carbocycles. The SMILES string of the molecule is Cc1ccc(S(=O)(=O)Nc2ccc(C)n(CC(=O)NCCON=C(N)N)c2=O)cc1. The predicted molar refractivity (Wildman–Crippen MR) is 112 cm³/mol. The summed E-state index contributed by atoms with van der Waals surface area (Å²) in [6.45, 7) is 3.32. The zero-order chi connectivity index (χ0) is 22.3. The molecule has 0 aliphatic carbocycles. The van der Waals surface area contributed by atoms with Crippen LogP contribution >= 0.6 is 0 Å². The lowest BCUT2D eigenvalue weighted by atomic mass is 10.2. The van der Waals surface area contributed by atoms with Crippen molar-refractivity contribution >= 4 is 27.6 Å². The first kappa shape index (κ1) is 22.7. The number of sulfonamides is 1. The molecule has 1 heterocycles. The molecule has 1 amide bonds. The monoisotopic (exact) mass is 436 g/mol. The van der Waals surface area contributed by atoms with E-state index in [0.717, 1.165) is 5.56 Å². The highest BCUT2D eigenvalue weighted by molar-refractivity contribution is 7.92. The van der Waals surface area contributed by atoms with E-state index in [9.17, 15) is 18.0 Å². The van der Waals surface area contributed by atoms with E-state index < -0.39 is 21.5 Å². The number of carbonyl (C=O) groups excluding carboxylic acids is 1. The van der Waals surface area contributed by atoms with Crippen LogP contribution < -0.4 is 27.1 Å². The normalized spacial score (nSPS) is 10.9. The van der Waals surface area contributed by atoms with Gasteiger partial charge < -0.3 is 26.2 Å². The van der Waals surface area contributed by atoms with Crippen LogP contribution in [0.2, 0.25) is 0 Å². The number of nitrogens with zero attached hydrogens (tertiary/aromatic N) is 2. The van der Waals surface area contributed by atoms with Crippen LogP contribution in [-0.2, 0) is 26.2 Å². The summed E-state index contributed by atoms with van der Waals surface area (Å²) in [5, 5.41) is 5.85. The molecular weight excluding hydrogens is 412 g/mol. The second-order valence-electron chi connectivity index (χ2n) is 6.40. The summed E-state index contributed by atoms with van der Waals surface area (Å²) in [5.74, 6) is -0.708. The van der Waals surface area contributed by atoms with Crippen molar-refractivity contribution in [3.05, 3.63) is 58.0 Å². The summed E-state index contributed by atoms with van der Waals surface area (Å²) in [6, 6.07) is 9.11. The third-order valence-corrected chi connectivity index (χ3v) is 5.34. The summed E-state index contributed by atoms with van der Waals surface area (Å²) in [6.07, 6.45) is 0. The summed E-state index contributed by atoms with van der Waals surface area (Å²) < 4.78 is 28.6. The van der Waals surface area contributed by atoms with Crippen LogP contribution in [0.5, 0.6) is 0 Å². The molecule has 1 aromatic heterocycles. The molecule has 11 nitrogen and oxygen atoms in total. The molecule has 0 radical (unpaired) electrons. The number of nitrogens with one attached hydrogen (secondary N) is 2. The number of amides is 1. The van der Waals surface area contributed by atoms with Gasteiger partial charge in [0.2, 0.25) is 11.9 Å². The van der Waals surface area contributed by atoms with Gasteiger partial charge >= 0.3 is 0 Å².